The van der Waals surface area contributed by atoms with Crippen LogP contribution in [0.1, 0.15) is 38.9 Å². The fourth-order valence-corrected chi connectivity index (χ4v) is 2.72. The number of aromatic nitrogens is 2. The highest BCUT2D eigenvalue weighted by atomic mass is 16.1. The largest absolute Gasteiger partial charge is 0.349 e. The third kappa shape index (κ3) is 2.56. The zero-order chi connectivity index (χ0) is 13.1. The zero-order valence-electron chi connectivity index (χ0n) is 11.1. The molecule has 0 saturated carbocycles. The van der Waals surface area contributed by atoms with Crippen LogP contribution >= 0.6 is 0 Å². The number of hydrogen-bond acceptors (Lipinski definition) is 4. The summed E-state index contributed by atoms with van der Waals surface area (Å²) in [6.07, 6.45) is 4.14. The standard InChI is InChI=1S/C13H22N4O/c1-3-11-15-12(7-13(18)16-11)17-9(2)5-4-6-10(17)8-14/h7,9-10H,3-6,8,14H2,1-2H3,(H,15,16,18). The molecule has 3 N–H and O–H groups in total. The van der Waals surface area contributed by atoms with E-state index in [-0.39, 0.29) is 5.56 Å². The Labute approximate surface area is 107 Å². The Morgan fingerprint density at radius 3 is 3.00 bits per heavy atom. The molecule has 2 rings (SSSR count). The maximum atomic E-state index is 11.7. The molecule has 1 aromatic rings. The van der Waals surface area contributed by atoms with Crippen LogP contribution in [-0.2, 0) is 6.42 Å². The number of anilines is 1. The van der Waals surface area contributed by atoms with Crippen LogP contribution in [0.5, 0.6) is 0 Å². The van der Waals surface area contributed by atoms with E-state index in [1.165, 1.54) is 6.42 Å². The zero-order valence-corrected chi connectivity index (χ0v) is 11.1. The maximum absolute atomic E-state index is 11.7. The van der Waals surface area contributed by atoms with Crippen molar-refractivity contribution in [1.29, 1.82) is 0 Å². The first-order valence-corrected chi connectivity index (χ1v) is 6.74. The molecule has 0 spiro atoms. The van der Waals surface area contributed by atoms with E-state index >= 15 is 0 Å². The molecule has 18 heavy (non-hydrogen) atoms. The molecule has 1 aromatic heterocycles. The highest BCUT2D eigenvalue weighted by molar-refractivity contribution is 5.41. The molecule has 1 aliphatic rings. The lowest BCUT2D eigenvalue weighted by Gasteiger charge is -2.41. The lowest BCUT2D eigenvalue weighted by Crippen LogP contribution is -2.49. The van der Waals surface area contributed by atoms with Gasteiger partial charge < -0.3 is 15.6 Å². The Balaban J connectivity index is 2.38. The van der Waals surface area contributed by atoms with E-state index in [2.05, 4.69) is 21.8 Å². The van der Waals surface area contributed by atoms with Crippen molar-refractivity contribution in [2.75, 3.05) is 11.4 Å². The van der Waals surface area contributed by atoms with Gasteiger partial charge in [-0.2, -0.15) is 0 Å². The van der Waals surface area contributed by atoms with Crippen LogP contribution in [0, 0.1) is 0 Å². The number of nitrogens with two attached hydrogens (primary N) is 1. The van der Waals surface area contributed by atoms with E-state index in [9.17, 15) is 4.79 Å². The Hall–Kier alpha value is -1.36. The summed E-state index contributed by atoms with van der Waals surface area (Å²) in [7, 11) is 0. The van der Waals surface area contributed by atoms with E-state index in [0.717, 1.165) is 30.9 Å². The predicted molar refractivity (Wildman–Crippen MR) is 72.9 cm³/mol. The van der Waals surface area contributed by atoms with Gasteiger partial charge in [-0.25, -0.2) is 4.98 Å². The molecule has 5 heteroatoms. The molecule has 0 aliphatic carbocycles. The second-order valence-electron chi connectivity index (χ2n) is 4.98. The van der Waals surface area contributed by atoms with E-state index in [4.69, 9.17) is 5.73 Å². The molecule has 1 aliphatic heterocycles. The van der Waals surface area contributed by atoms with Gasteiger partial charge in [-0.05, 0) is 26.2 Å². The van der Waals surface area contributed by atoms with Gasteiger partial charge in [0.1, 0.15) is 11.6 Å². The number of aryl methyl sites for hydroxylation is 1. The number of H-pyrrole nitrogens is 1. The minimum atomic E-state index is -0.0783. The Bertz CT molecular complexity index is 457. The molecule has 0 radical (unpaired) electrons. The normalized spacial score (nSPS) is 24.3. The summed E-state index contributed by atoms with van der Waals surface area (Å²) >= 11 is 0. The topological polar surface area (TPSA) is 75.0 Å². The average molecular weight is 250 g/mol. The number of piperidine rings is 1. The Kier molecular flexibility index (Phi) is 4.01. The predicted octanol–water partition coefficient (Wildman–Crippen LogP) is 1.04. The van der Waals surface area contributed by atoms with Crippen molar-refractivity contribution in [3.63, 3.8) is 0 Å². The van der Waals surface area contributed by atoms with E-state index in [1.54, 1.807) is 6.07 Å². The van der Waals surface area contributed by atoms with Crippen molar-refractivity contribution in [3.05, 3.63) is 22.2 Å². The Morgan fingerprint density at radius 2 is 2.33 bits per heavy atom. The van der Waals surface area contributed by atoms with E-state index in [0.29, 0.717) is 18.6 Å². The molecule has 1 fully saturated rings. The van der Waals surface area contributed by atoms with Gasteiger partial charge in [0.25, 0.3) is 5.56 Å². The maximum Gasteiger partial charge on any atom is 0.252 e. The van der Waals surface area contributed by atoms with Gasteiger partial charge in [-0.1, -0.05) is 6.92 Å². The van der Waals surface area contributed by atoms with Gasteiger partial charge in [0.2, 0.25) is 0 Å². The van der Waals surface area contributed by atoms with Crippen molar-refractivity contribution in [2.24, 2.45) is 5.73 Å². The van der Waals surface area contributed by atoms with Crippen molar-refractivity contribution in [2.45, 2.75) is 51.6 Å². The molecule has 2 heterocycles. The Morgan fingerprint density at radius 1 is 1.56 bits per heavy atom. The molecular weight excluding hydrogens is 228 g/mol. The van der Waals surface area contributed by atoms with Crippen molar-refractivity contribution in [3.8, 4) is 0 Å². The smallest absolute Gasteiger partial charge is 0.252 e. The summed E-state index contributed by atoms with van der Waals surface area (Å²) in [5.74, 6) is 1.52. The first-order valence-electron chi connectivity index (χ1n) is 6.74. The van der Waals surface area contributed by atoms with Gasteiger partial charge >= 0.3 is 0 Å². The highest BCUT2D eigenvalue weighted by Crippen LogP contribution is 2.26. The first-order chi connectivity index (χ1) is 8.65. The lowest BCUT2D eigenvalue weighted by atomic mass is 9.96. The molecule has 0 aromatic carbocycles. The van der Waals surface area contributed by atoms with Crippen molar-refractivity contribution < 1.29 is 0 Å². The van der Waals surface area contributed by atoms with Crippen LogP contribution in [0.2, 0.25) is 0 Å². The summed E-state index contributed by atoms with van der Waals surface area (Å²) in [5.41, 5.74) is 5.77. The number of rotatable bonds is 3. The first kappa shape index (κ1) is 13.1. The lowest BCUT2D eigenvalue weighted by molar-refractivity contribution is 0.397. The molecule has 1 saturated heterocycles. The van der Waals surface area contributed by atoms with Gasteiger partial charge in [0, 0.05) is 31.1 Å². The van der Waals surface area contributed by atoms with Crippen LogP contribution in [0.25, 0.3) is 0 Å². The van der Waals surface area contributed by atoms with Crippen LogP contribution in [0.3, 0.4) is 0 Å². The summed E-state index contributed by atoms with van der Waals surface area (Å²) in [6, 6.07) is 2.28. The van der Waals surface area contributed by atoms with Crippen molar-refractivity contribution >= 4 is 5.82 Å². The van der Waals surface area contributed by atoms with Crippen LogP contribution < -0.4 is 16.2 Å². The van der Waals surface area contributed by atoms with E-state index in [1.807, 2.05) is 6.92 Å². The van der Waals surface area contributed by atoms with Crippen molar-refractivity contribution in [1.82, 2.24) is 9.97 Å². The third-order valence-corrected chi connectivity index (χ3v) is 3.68. The SMILES string of the molecule is CCc1nc(N2C(C)CCCC2CN)cc(=O)[nH]1. The van der Waals surface area contributed by atoms with Gasteiger partial charge in [0.05, 0.1) is 0 Å². The molecule has 2 unspecified atom stereocenters. The summed E-state index contributed by atoms with van der Waals surface area (Å²) in [6.45, 7) is 4.78. The van der Waals surface area contributed by atoms with Gasteiger partial charge in [-0.15, -0.1) is 0 Å². The second-order valence-corrected chi connectivity index (χ2v) is 4.98. The third-order valence-electron chi connectivity index (χ3n) is 3.68. The number of nitrogens with one attached hydrogen (secondary N) is 1. The number of hydrogen-bond donors (Lipinski definition) is 2. The van der Waals surface area contributed by atoms with E-state index < -0.39 is 0 Å². The fraction of sp³-hybridized carbons (Fsp3) is 0.692. The molecule has 100 valence electrons. The minimum Gasteiger partial charge on any atom is -0.349 e. The quantitative estimate of drug-likeness (QED) is 0.840. The summed E-state index contributed by atoms with van der Waals surface area (Å²) < 4.78 is 0. The fourth-order valence-electron chi connectivity index (χ4n) is 2.72. The monoisotopic (exact) mass is 250 g/mol. The number of aromatic amines is 1. The van der Waals surface area contributed by atoms with Crippen LogP contribution in [0.4, 0.5) is 5.82 Å². The van der Waals surface area contributed by atoms with Crippen LogP contribution in [0.15, 0.2) is 10.9 Å². The highest BCUT2D eigenvalue weighted by Gasteiger charge is 2.28. The summed E-state index contributed by atoms with van der Waals surface area (Å²) in [4.78, 5) is 21.2. The molecule has 2 atom stereocenters. The molecular formula is C13H22N4O. The summed E-state index contributed by atoms with van der Waals surface area (Å²) in [5, 5.41) is 0. The second kappa shape index (κ2) is 5.52. The van der Waals surface area contributed by atoms with Gasteiger partial charge in [-0.3, -0.25) is 4.79 Å². The van der Waals surface area contributed by atoms with Gasteiger partial charge in [0.15, 0.2) is 0 Å². The molecule has 5 nitrogen and oxygen atoms in total. The molecule has 0 amide bonds. The average Bonchev–Trinajstić information content (AvgIpc) is 2.37. The van der Waals surface area contributed by atoms with Crippen LogP contribution in [-0.4, -0.2) is 28.6 Å². The molecule has 0 bridgehead atoms. The minimum absolute atomic E-state index is 0.0783. The number of nitrogens with zero attached hydrogens (tertiary/aromatic N) is 2.